The molecule has 0 bridgehead atoms. The third kappa shape index (κ3) is 19.5. The zero-order valence-electron chi connectivity index (χ0n) is 18.6. The van der Waals surface area contributed by atoms with Crippen molar-refractivity contribution < 1.29 is 24.2 Å². The van der Waals surface area contributed by atoms with E-state index in [1.54, 1.807) is 0 Å². The maximum absolute atomic E-state index is 11.8. The Bertz CT molecular complexity index is 456. The van der Waals surface area contributed by atoms with Crippen molar-refractivity contribution in [2.75, 3.05) is 13.2 Å². The average molecular weight is 411 g/mol. The van der Waals surface area contributed by atoms with Gasteiger partial charge in [-0.1, -0.05) is 70.3 Å². The summed E-state index contributed by atoms with van der Waals surface area (Å²) < 4.78 is 10.2. The Labute approximate surface area is 177 Å². The van der Waals surface area contributed by atoms with Gasteiger partial charge in [0.1, 0.15) is 6.61 Å². The minimum atomic E-state index is -0.767. The zero-order valence-corrected chi connectivity index (χ0v) is 18.6. The molecule has 0 aromatic carbocycles. The van der Waals surface area contributed by atoms with E-state index in [0.717, 1.165) is 57.8 Å². The molecule has 5 heteroatoms. The van der Waals surface area contributed by atoms with Crippen molar-refractivity contribution in [1.29, 1.82) is 0 Å². The molecule has 0 heterocycles. The normalized spacial score (nSPS) is 12.5. The van der Waals surface area contributed by atoms with Crippen LogP contribution in [0, 0.1) is 0 Å². The first-order chi connectivity index (χ1) is 14.1. The molecule has 0 aliphatic carbocycles. The molecule has 0 fully saturated rings. The fourth-order valence-electron chi connectivity index (χ4n) is 2.68. The summed E-state index contributed by atoms with van der Waals surface area (Å²) in [5.41, 5.74) is 0. The van der Waals surface area contributed by atoms with Crippen LogP contribution in [0.15, 0.2) is 24.3 Å². The van der Waals surface area contributed by atoms with Crippen LogP contribution >= 0.6 is 0 Å². The molecule has 0 saturated heterocycles. The third-order valence-electron chi connectivity index (χ3n) is 4.48. The van der Waals surface area contributed by atoms with Crippen LogP contribution in [0.2, 0.25) is 0 Å². The number of ether oxygens (including phenoxy) is 2. The lowest BCUT2D eigenvalue weighted by molar-refractivity contribution is -0.161. The van der Waals surface area contributed by atoms with E-state index in [-0.39, 0.29) is 25.2 Å². The van der Waals surface area contributed by atoms with Crippen molar-refractivity contribution in [2.24, 2.45) is 0 Å². The molecule has 1 N–H and O–H groups in total. The zero-order chi connectivity index (χ0) is 21.6. The third-order valence-corrected chi connectivity index (χ3v) is 4.48. The minimum Gasteiger partial charge on any atom is -0.462 e. The quantitative estimate of drug-likeness (QED) is 0.169. The van der Waals surface area contributed by atoms with E-state index in [9.17, 15) is 14.7 Å². The molecular formula is C24H42O5. The molecule has 0 aliphatic rings. The lowest BCUT2D eigenvalue weighted by atomic mass is 10.1. The molecule has 5 nitrogen and oxygen atoms in total. The van der Waals surface area contributed by atoms with Crippen LogP contribution in [-0.4, -0.2) is 36.4 Å². The van der Waals surface area contributed by atoms with Crippen molar-refractivity contribution in [3.8, 4) is 0 Å². The fraction of sp³-hybridized carbons (Fsp3) is 0.750. The topological polar surface area (TPSA) is 72.8 Å². The maximum Gasteiger partial charge on any atom is 0.306 e. The van der Waals surface area contributed by atoms with Crippen LogP contribution in [0.4, 0.5) is 0 Å². The SMILES string of the molecule is CCC/C=C\C/C=C\CCCCCCCC(=O)OC(CO)COC(=O)CCCC. The standard InChI is InChI=1S/C24H42O5/c1-3-5-7-8-9-10-11-12-13-14-15-16-17-19-24(27)29-22(20-25)21-28-23(26)18-6-4-2/h7-8,10-11,22,25H,3-6,9,12-21H2,1-2H3/b8-7-,11-10-. The molecule has 29 heavy (non-hydrogen) atoms. The Balaban J connectivity index is 3.62. The van der Waals surface area contributed by atoms with Crippen LogP contribution in [0.5, 0.6) is 0 Å². The van der Waals surface area contributed by atoms with Gasteiger partial charge in [0.2, 0.25) is 0 Å². The van der Waals surface area contributed by atoms with Crippen molar-refractivity contribution in [2.45, 2.75) is 103 Å². The van der Waals surface area contributed by atoms with Gasteiger partial charge in [-0.15, -0.1) is 0 Å². The largest absolute Gasteiger partial charge is 0.462 e. The molecule has 0 radical (unpaired) electrons. The van der Waals surface area contributed by atoms with E-state index >= 15 is 0 Å². The summed E-state index contributed by atoms with van der Waals surface area (Å²) in [5, 5.41) is 9.27. The van der Waals surface area contributed by atoms with Gasteiger partial charge in [-0.25, -0.2) is 0 Å². The second-order valence-corrected chi connectivity index (χ2v) is 7.35. The van der Waals surface area contributed by atoms with E-state index < -0.39 is 6.10 Å². The Hall–Kier alpha value is -1.62. The van der Waals surface area contributed by atoms with Gasteiger partial charge in [0.25, 0.3) is 0 Å². The summed E-state index contributed by atoms with van der Waals surface area (Å²) in [6.45, 7) is 3.77. The van der Waals surface area contributed by atoms with Gasteiger partial charge in [-0.05, 0) is 38.5 Å². The molecule has 0 aromatic rings. The molecule has 0 spiro atoms. The summed E-state index contributed by atoms with van der Waals surface area (Å²) in [4.78, 5) is 23.3. The highest BCUT2D eigenvalue weighted by molar-refractivity contribution is 5.70. The average Bonchev–Trinajstić information content (AvgIpc) is 2.72. The fourth-order valence-corrected chi connectivity index (χ4v) is 2.68. The predicted molar refractivity (Wildman–Crippen MR) is 118 cm³/mol. The van der Waals surface area contributed by atoms with Crippen molar-refractivity contribution in [3.05, 3.63) is 24.3 Å². The monoisotopic (exact) mass is 410 g/mol. The van der Waals surface area contributed by atoms with E-state index in [1.807, 2.05) is 6.92 Å². The maximum atomic E-state index is 11.8. The molecule has 0 amide bonds. The van der Waals surface area contributed by atoms with E-state index in [0.29, 0.717) is 12.8 Å². The number of allylic oxidation sites excluding steroid dienone is 4. The molecule has 0 aliphatic heterocycles. The van der Waals surface area contributed by atoms with Crippen LogP contribution in [-0.2, 0) is 19.1 Å². The van der Waals surface area contributed by atoms with Crippen molar-refractivity contribution in [1.82, 2.24) is 0 Å². The summed E-state index contributed by atoms with van der Waals surface area (Å²) >= 11 is 0. The molecule has 0 aromatic heterocycles. The summed E-state index contributed by atoms with van der Waals surface area (Å²) in [6.07, 6.45) is 20.3. The number of unbranched alkanes of at least 4 members (excludes halogenated alkanes) is 7. The van der Waals surface area contributed by atoms with Crippen LogP contribution < -0.4 is 0 Å². The van der Waals surface area contributed by atoms with Gasteiger partial charge in [0, 0.05) is 12.8 Å². The van der Waals surface area contributed by atoms with Gasteiger partial charge >= 0.3 is 11.9 Å². The molecule has 0 saturated carbocycles. The Morgan fingerprint density at radius 2 is 1.45 bits per heavy atom. The Kier molecular flexibility index (Phi) is 19.9. The summed E-state index contributed by atoms with van der Waals surface area (Å²) in [6, 6.07) is 0. The Morgan fingerprint density at radius 3 is 2.14 bits per heavy atom. The second-order valence-electron chi connectivity index (χ2n) is 7.35. The number of carbonyl (C=O) groups excluding carboxylic acids is 2. The van der Waals surface area contributed by atoms with E-state index in [2.05, 4.69) is 31.2 Å². The number of esters is 2. The highest BCUT2D eigenvalue weighted by Crippen LogP contribution is 2.09. The van der Waals surface area contributed by atoms with Crippen molar-refractivity contribution in [3.63, 3.8) is 0 Å². The summed E-state index contributed by atoms with van der Waals surface area (Å²) in [5.74, 6) is -0.656. The first-order valence-electron chi connectivity index (χ1n) is 11.4. The smallest absolute Gasteiger partial charge is 0.306 e. The lowest BCUT2D eigenvalue weighted by Crippen LogP contribution is -2.28. The number of hydrogen-bond acceptors (Lipinski definition) is 5. The highest BCUT2D eigenvalue weighted by atomic mass is 16.6. The lowest BCUT2D eigenvalue weighted by Gasteiger charge is -2.15. The second kappa shape index (κ2) is 21.1. The van der Waals surface area contributed by atoms with E-state index in [4.69, 9.17) is 9.47 Å². The highest BCUT2D eigenvalue weighted by Gasteiger charge is 2.15. The number of carbonyl (C=O) groups is 2. The number of aliphatic hydroxyl groups is 1. The van der Waals surface area contributed by atoms with Crippen LogP contribution in [0.25, 0.3) is 0 Å². The molecule has 0 rings (SSSR count). The number of rotatable bonds is 19. The first kappa shape index (κ1) is 27.4. The van der Waals surface area contributed by atoms with E-state index in [1.165, 1.54) is 12.8 Å². The molecule has 1 atom stereocenters. The molecule has 1 unspecified atom stereocenters. The van der Waals surface area contributed by atoms with Crippen LogP contribution in [0.1, 0.15) is 97.3 Å². The molecular weight excluding hydrogens is 368 g/mol. The van der Waals surface area contributed by atoms with Gasteiger partial charge in [-0.2, -0.15) is 0 Å². The summed E-state index contributed by atoms with van der Waals surface area (Å²) in [7, 11) is 0. The van der Waals surface area contributed by atoms with Gasteiger partial charge in [0.15, 0.2) is 6.10 Å². The molecule has 168 valence electrons. The minimum absolute atomic E-state index is 0.0767. The van der Waals surface area contributed by atoms with Crippen LogP contribution in [0.3, 0.4) is 0 Å². The Morgan fingerprint density at radius 1 is 0.793 bits per heavy atom. The number of aliphatic hydroxyl groups excluding tert-OH is 1. The number of hydrogen-bond donors (Lipinski definition) is 1. The predicted octanol–water partition coefficient (Wildman–Crippen LogP) is 5.66. The van der Waals surface area contributed by atoms with Gasteiger partial charge in [-0.3, -0.25) is 9.59 Å². The van der Waals surface area contributed by atoms with Gasteiger partial charge in [0.05, 0.1) is 6.61 Å². The van der Waals surface area contributed by atoms with Crippen molar-refractivity contribution >= 4 is 11.9 Å². The first-order valence-corrected chi connectivity index (χ1v) is 11.4. The van der Waals surface area contributed by atoms with Gasteiger partial charge < -0.3 is 14.6 Å².